The molecule has 0 bridgehead atoms. The van der Waals surface area contributed by atoms with Crippen molar-refractivity contribution in [1.82, 2.24) is 9.55 Å². The van der Waals surface area contributed by atoms with Gasteiger partial charge in [0.2, 0.25) is 5.88 Å². The Hall–Kier alpha value is -2.63. The van der Waals surface area contributed by atoms with Gasteiger partial charge < -0.3 is 5.11 Å². The Balaban J connectivity index is 2.91. The minimum absolute atomic E-state index is 0.217. The van der Waals surface area contributed by atoms with Gasteiger partial charge in [-0.15, -0.1) is 0 Å². The Morgan fingerprint density at radius 1 is 1.26 bits per heavy atom. The van der Waals surface area contributed by atoms with Gasteiger partial charge in [0.05, 0.1) is 5.69 Å². The number of aryl methyl sites for hydroxylation is 1. The van der Waals surface area contributed by atoms with Gasteiger partial charge in [-0.2, -0.15) is 0 Å². The third-order valence-corrected chi connectivity index (χ3v) is 3.06. The Labute approximate surface area is 108 Å². The fourth-order valence-corrected chi connectivity index (χ4v) is 1.85. The number of hydrogen-bond acceptors (Lipinski definition) is 4. The summed E-state index contributed by atoms with van der Waals surface area (Å²) >= 11 is 0. The lowest BCUT2D eigenvalue weighted by Gasteiger charge is -2.13. The molecule has 0 atom stereocenters. The molecule has 6 nitrogen and oxygen atoms in total. The van der Waals surface area contributed by atoms with Crippen LogP contribution in [0.1, 0.15) is 21.5 Å². The first-order valence-corrected chi connectivity index (χ1v) is 5.57. The van der Waals surface area contributed by atoms with Crippen LogP contribution < -0.4 is 11.2 Å². The average molecular weight is 260 g/mol. The number of aldehydes is 1. The van der Waals surface area contributed by atoms with Crippen LogP contribution in [-0.2, 0) is 0 Å². The van der Waals surface area contributed by atoms with E-state index in [9.17, 15) is 19.5 Å². The first-order valence-electron chi connectivity index (χ1n) is 5.57. The fraction of sp³-hybridized carbons (Fsp3) is 0.154. The Kier molecular flexibility index (Phi) is 3.08. The minimum Gasteiger partial charge on any atom is -0.493 e. The van der Waals surface area contributed by atoms with Crippen LogP contribution >= 0.6 is 0 Å². The van der Waals surface area contributed by atoms with Gasteiger partial charge in [-0.1, -0.05) is 12.1 Å². The molecule has 6 heteroatoms. The SMILES string of the molecule is Cc1cccc(-n2c(O)c(C=O)c(=O)[nH]c2=O)c1C. The molecule has 0 unspecified atom stereocenters. The third-order valence-electron chi connectivity index (χ3n) is 3.06. The summed E-state index contributed by atoms with van der Waals surface area (Å²) < 4.78 is 0.910. The smallest absolute Gasteiger partial charge is 0.335 e. The molecule has 0 aliphatic rings. The Morgan fingerprint density at radius 2 is 1.95 bits per heavy atom. The molecule has 0 amide bonds. The molecule has 0 aliphatic heterocycles. The molecule has 0 fully saturated rings. The van der Waals surface area contributed by atoms with E-state index in [1.54, 1.807) is 19.1 Å². The van der Waals surface area contributed by atoms with Crippen molar-refractivity contribution in [1.29, 1.82) is 0 Å². The maximum atomic E-state index is 11.8. The summed E-state index contributed by atoms with van der Waals surface area (Å²) in [7, 11) is 0. The second-order valence-corrected chi connectivity index (χ2v) is 4.17. The monoisotopic (exact) mass is 260 g/mol. The van der Waals surface area contributed by atoms with Gasteiger partial charge in [0, 0.05) is 0 Å². The summed E-state index contributed by atoms with van der Waals surface area (Å²) in [5.41, 5.74) is -0.0605. The average Bonchev–Trinajstić information content (AvgIpc) is 2.34. The summed E-state index contributed by atoms with van der Waals surface area (Å²) in [6, 6.07) is 5.19. The third kappa shape index (κ3) is 1.97. The number of aromatic nitrogens is 2. The zero-order chi connectivity index (χ0) is 14.2. The highest BCUT2D eigenvalue weighted by atomic mass is 16.3. The molecule has 1 heterocycles. The van der Waals surface area contributed by atoms with Gasteiger partial charge in [0.1, 0.15) is 5.56 Å². The molecule has 2 rings (SSSR count). The highest BCUT2D eigenvalue weighted by Gasteiger charge is 2.16. The zero-order valence-corrected chi connectivity index (χ0v) is 10.4. The predicted molar refractivity (Wildman–Crippen MR) is 69.2 cm³/mol. The molecule has 1 aromatic carbocycles. The molecule has 0 saturated carbocycles. The first kappa shape index (κ1) is 12.8. The van der Waals surface area contributed by atoms with Gasteiger partial charge in [-0.05, 0) is 31.0 Å². The molecule has 2 N–H and O–H groups in total. The van der Waals surface area contributed by atoms with Crippen LogP contribution in [0, 0.1) is 13.8 Å². The number of H-pyrrole nitrogens is 1. The van der Waals surface area contributed by atoms with Crippen LogP contribution in [0.2, 0.25) is 0 Å². The summed E-state index contributed by atoms with van der Waals surface area (Å²) in [4.78, 5) is 36.0. The van der Waals surface area contributed by atoms with Crippen LogP contribution in [-0.4, -0.2) is 20.9 Å². The van der Waals surface area contributed by atoms with Gasteiger partial charge >= 0.3 is 5.69 Å². The molecule has 0 saturated heterocycles. The number of nitrogens with one attached hydrogen (secondary N) is 1. The van der Waals surface area contributed by atoms with E-state index in [1.807, 2.05) is 18.0 Å². The van der Waals surface area contributed by atoms with Crippen LogP contribution in [0.5, 0.6) is 5.88 Å². The van der Waals surface area contributed by atoms with Crippen LogP contribution in [0.4, 0.5) is 0 Å². The quantitative estimate of drug-likeness (QED) is 0.776. The van der Waals surface area contributed by atoms with E-state index >= 15 is 0 Å². The van der Waals surface area contributed by atoms with E-state index in [-0.39, 0.29) is 6.29 Å². The van der Waals surface area contributed by atoms with Gasteiger partial charge in [-0.25, -0.2) is 9.36 Å². The van der Waals surface area contributed by atoms with Crippen molar-refractivity contribution < 1.29 is 9.90 Å². The van der Waals surface area contributed by atoms with Crippen LogP contribution in [0.15, 0.2) is 27.8 Å². The second kappa shape index (κ2) is 4.56. The van der Waals surface area contributed by atoms with Crippen LogP contribution in [0.3, 0.4) is 0 Å². The van der Waals surface area contributed by atoms with Crippen molar-refractivity contribution in [3.8, 4) is 11.6 Å². The van der Waals surface area contributed by atoms with Crippen LogP contribution in [0.25, 0.3) is 5.69 Å². The van der Waals surface area contributed by atoms with E-state index < -0.39 is 22.7 Å². The summed E-state index contributed by atoms with van der Waals surface area (Å²) in [6.45, 7) is 3.63. The Morgan fingerprint density at radius 3 is 2.58 bits per heavy atom. The van der Waals surface area contributed by atoms with E-state index in [0.29, 0.717) is 5.69 Å². The number of aromatic hydroxyl groups is 1. The van der Waals surface area contributed by atoms with Gasteiger partial charge in [0.15, 0.2) is 6.29 Å². The largest absolute Gasteiger partial charge is 0.493 e. The number of carbonyl (C=O) groups is 1. The predicted octanol–water partition coefficient (Wildman–Crippen LogP) is 0.661. The Bertz CT molecular complexity index is 771. The van der Waals surface area contributed by atoms with Gasteiger partial charge in [0.25, 0.3) is 5.56 Å². The first-order chi connectivity index (χ1) is 8.97. The molecule has 2 aromatic rings. The van der Waals surface area contributed by atoms with Crippen molar-refractivity contribution in [3.63, 3.8) is 0 Å². The molecular weight excluding hydrogens is 248 g/mol. The molecule has 98 valence electrons. The van der Waals surface area contributed by atoms with Crippen molar-refractivity contribution in [2.45, 2.75) is 13.8 Å². The number of rotatable bonds is 2. The minimum atomic E-state index is -0.904. The number of carbonyl (C=O) groups excluding carboxylic acids is 1. The maximum Gasteiger partial charge on any atom is 0.335 e. The number of benzene rings is 1. The van der Waals surface area contributed by atoms with E-state index in [1.165, 1.54) is 0 Å². The zero-order valence-electron chi connectivity index (χ0n) is 10.4. The number of nitrogens with zero attached hydrogens (tertiary/aromatic N) is 1. The van der Waals surface area contributed by atoms with Crippen molar-refractivity contribution in [3.05, 3.63) is 55.7 Å². The summed E-state index contributed by atoms with van der Waals surface area (Å²) in [5.74, 6) is -0.655. The highest BCUT2D eigenvalue weighted by molar-refractivity contribution is 5.77. The molecule has 0 aliphatic carbocycles. The van der Waals surface area contributed by atoms with E-state index in [2.05, 4.69) is 0 Å². The van der Waals surface area contributed by atoms with E-state index in [0.717, 1.165) is 15.7 Å². The normalized spacial score (nSPS) is 10.4. The molecule has 1 aromatic heterocycles. The van der Waals surface area contributed by atoms with E-state index in [4.69, 9.17) is 0 Å². The lowest BCUT2D eigenvalue weighted by molar-refractivity contribution is 0.111. The molecular formula is C13H12N2O4. The lowest BCUT2D eigenvalue weighted by atomic mass is 10.1. The van der Waals surface area contributed by atoms with Crippen molar-refractivity contribution in [2.24, 2.45) is 0 Å². The van der Waals surface area contributed by atoms with Crippen molar-refractivity contribution in [2.75, 3.05) is 0 Å². The second-order valence-electron chi connectivity index (χ2n) is 4.17. The molecule has 19 heavy (non-hydrogen) atoms. The van der Waals surface area contributed by atoms with Crippen molar-refractivity contribution >= 4 is 6.29 Å². The number of aromatic amines is 1. The standard InChI is InChI=1S/C13H12N2O4/c1-7-4-3-5-10(8(7)2)15-12(18)9(6-16)11(17)14-13(15)19/h3-6,18H,1-2H3,(H,14,17,19). The van der Waals surface area contributed by atoms with Gasteiger partial charge in [-0.3, -0.25) is 14.6 Å². The lowest BCUT2D eigenvalue weighted by Crippen LogP contribution is -2.31. The molecule has 0 spiro atoms. The number of hydrogen-bond donors (Lipinski definition) is 2. The summed E-state index contributed by atoms with van der Waals surface area (Å²) in [5, 5.41) is 9.93. The fourth-order valence-electron chi connectivity index (χ4n) is 1.85. The highest BCUT2D eigenvalue weighted by Crippen LogP contribution is 2.20. The maximum absolute atomic E-state index is 11.8. The molecule has 0 radical (unpaired) electrons. The summed E-state index contributed by atoms with van der Waals surface area (Å²) in [6.07, 6.45) is 0.217. The topological polar surface area (TPSA) is 92.2 Å².